The first-order valence-corrected chi connectivity index (χ1v) is 9.13. The lowest BCUT2D eigenvalue weighted by molar-refractivity contribution is 0.0692. The van der Waals surface area contributed by atoms with Crippen LogP contribution in [0.5, 0.6) is 46.0 Å². The van der Waals surface area contributed by atoms with Gasteiger partial charge in [-0.1, -0.05) is 0 Å². The standard InChI is InChI=1S/C21H10O13/c22-7-1-4-10-11-5(21(31)33-17(10)13(7)24)2-9(15(26)18(11)34-20(4)30)32-8-3-6(19(28)29)12(23)16(27)14(8)25/h1-3,22-27H,(H,28,29). The molecule has 0 aliphatic rings. The number of ether oxygens (including phenoxy) is 1. The molecule has 0 bridgehead atoms. The van der Waals surface area contributed by atoms with Crippen molar-refractivity contribution in [2.75, 3.05) is 0 Å². The molecule has 13 nitrogen and oxygen atoms in total. The lowest BCUT2D eigenvalue weighted by atomic mass is 10.0. The third kappa shape index (κ3) is 2.57. The fraction of sp³-hybridized carbons (Fsp3) is 0. The third-order valence-corrected chi connectivity index (χ3v) is 5.20. The van der Waals surface area contributed by atoms with Crippen LogP contribution in [0, 0.1) is 0 Å². The number of aromatic hydroxyl groups is 6. The summed E-state index contributed by atoms with van der Waals surface area (Å²) in [7, 11) is 0. The summed E-state index contributed by atoms with van der Waals surface area (Å²) in [5.74, 6) is -9.01. The van der Waals surface area contributed by atoms with E-state index in [2.05, 4.69) is 0 Å². The Balaban J connectivity index is 1.86. The first-order chi connectivity index (χ1) is 16.0. The Kier molecular flexibility index (Phi) is 3.98. The molecule has 0 fully saturated rings. The number of carboxylic acid groups (broad SMARTS) is 1. The molecule has 0 amide bonds. The maximum atomic E-state index is 12.6. The van der Waals surface area contributed by atoms with E-state index in [1.165, 1.54) is 0 Å². The molecular formula is C21H10O13. The van der Waals surface area contributed by atoms with Gasteiger partial charge < -0.3 is 49.3 Å². The van der Waals surface area contributed by atoms with Crippen molar-refractivity contribution in [3.05, 3.63) is 44.6 Å². The van der Waals surface area contributed by atoms with Crippen LogP contribution in [0.4, 0.5) is 0 Å². The molecule has 5 aromatic rings. The van der Waals surface area contributed by atoms with Gasteiger partial charge in [0.2, 0.25) is 23.0 Å². The summed E-state index contributed by atoms with van der Waals surface area (Å²) in [6.45, 7) is 0. The average Bonchev–Trinajstić information content (AvgIpc) is 2.78. The van der Waals surface area contributed by atoms with E-state index in [1.807, 2.05) is 0 Å². The zero-order valence-corrected chi connectivity index (χ0v) is 16.3. The van der Waals surface area contributed by atoms with Crippen molar-refractivity contribution in [1.29, 1.82) is 0 Å². The molecule has 0 saturated heterocycles. The van der Waals surface area contributed by atoms with Gasteiger partial charge in [-0.25, -0.2) is 14.4 Å². The van der Waals surface area contributed by atoms with Crippen molar-refractivity contribution >= 4 is 38.7 Å². The Bertz CT molecular complexity index is 1810. The average molecular weight is 470 g/mol. The van der Waals surface area contributed by atoms with Gasteiger partial charge in [0.15, 0.2) is 34.2 Å². The van der Waals surface area contributed by atoms with Gasteiger partial charge in [0.25, 0.3) is 0 Å². The van der Waals surface area contributed by atoms with Crippen LogP contribution in [-0.4, -0.2) is 41.7 Å². The van der Waals surface area contributed by atoms with Crippen molar-refractivity contribution < 1.29 is 54.1 Å². The predicted octanol–water partition coefficient (Wildman–Crippen LogP) is 2.21. The Morgan fingerprint density at radius 1 is 0.676 bits per heavy atom. The van der Waals surface area contributed by atoms with Gasteiger partial charge in [-0.2, -0.15) is 0 Å². The summed E-state index contributed by atoms with van der Waals surface area (Å²) in [6.07, 6.45) is 0. The second-order valence-electron chi connectivity index (χ2n) is 7.13. The second-order valence-corrected chi connectivity index (χ2v) is 7.13. The van der Waals surface area contributed by atoms with Gasteiger partial charge in [-0.05, 0) is 6.07 Å². The highest BCUT2D eigenvalue weighted by Crippen LogP contribution is 2.49. The maximum absolute atomic E-state index is 12.6. The van der Waals surface area contributed by atoms with Crippen molar-refractivity contribution in [3.63, 3.8) is 0 Å². The first kappa shape index (κ1) is 20.6. The molecule has 0 spiro atoms. The largest absolute Gasteiger partial charge is 0.504 e. The van der Waals surface area contributed by atoms with E-state index in [9.17, 15) is 45.0 Å². The van der Waals surface area contributed by atoms with Crippen LogP contribution >= 0.6 is 0 Å². The number of benzene rings is 3. The molecule has 2 heterocycles. The van der Waals surface area contributed by atoms with Crippen molar-refractivity contribution in [2.24, 2.45) is 0 Å². The number of phenolic OH excluding ortho intramolecular Hbond substituents is 5. The van der Waals surface area contributed by atoms with E-state index in [1.54, 1.807) is 0 Å². The Morgan fingerprint density at radius 3 is 1.79 bits per heavy atom. The van der Waals surface area contributed by atoms with Gasteiger partial charge in [0, 0.05) is 22.9 Å². The minimum atomic E-state index is -1.69. The number of hydrogen-bond acceptors (Lipinski definition) is 12. The fourth-order valence-electron chi connectivity index (χ4n) is 3.63. The van der Waals surface area contributed by atoms with Gasteiger partial charge in [0.1, 0.15) is 5.56 Å². The fourth-order valence-corrected chi connectivity index (χ4v) is 3.63. The normalized spacial score (nSPS) is 11.5. The van der Waals surface area contributed by atoms with Crippen LogP contribution in [0.25, 0.3) is 32.7 Å². The summed E-state index contributed by atoms with van der Waals surface area (Å²) in [5.41, 5.74) is -4.18. The molecule has 0 radical (unpaired) electrons. The second kappa shape index (κ2) is 6.59. The lowest BCUT2D eigenvalue weighted by Gasteiger charge is -2.15. The topological polar surface area (TPSA) is 228 Å². The Labute approximate surface area is 184 Å². The van der Waals surface area contributed by atoms with Gasteiger partial charge in [0.05, 0.1) is 10.8 Å². The summed E-state index contributed by atoms with van der Waals surface area (Å²) in [5, 5.41) is 68.4. The molecule has 5 rings (SSSR count). The predicted molar refractivity (Wildman–Crippen MR) is 111 cm³/mol. The molecule has 34 heavy (non-hydrogen) atoms. The molecule has 0 aliphatic heterocycles. The van der Waals surface area contributed by atoms with E-state index < -0.39 is 79.9 Å². The van der Waals surface area contributed by atoms with E-state index in [0.29, 0.717) is 6.07 Å². The maximum Gasteiger partial charge on any atom is 0.344 e. The van der Waals surface area contributed by atoms with E-state index >= 15 is 0 Å². The highest BCUT2D eigenvalue weighted by molar-refractivity contribution is 6.22. The molecule has 2 aromatic heterocycles. The van der Waals surface area contributed by atoms with E-state index in [4.69, 9.17) is 18.7 Å². The molecule has 172 valence electrons. The van der Waals surface area contributed by atoms with Crippen molar-refractivity contribution in [3.8, 4) is 46.0 Å². The molecule has 7 N–H and O–H groups in total. The van der Waals surface area contributed by atoms with E-state index in [-0.39, 0.29) is 21.5 Å². The molecule has 0 saturated carbocycles. The Hall–Kier alpha value is -5.33. The summed E-state index contributed by atoms with van der Waals surface area (Å²) >= 11 is 0. The molecule has 0 aliphatic carbocycles. The van der Waals surface area contributed by atoms with E-state index in [0.717, 1.165) is 12.1 Å². The van der Waals surface area contributed by atoms with Gasteiger partial charge in [-0.3, -0.25) is 0 Å². The highest BCUT2D eigenvalue weighted by atomic mass is 16.5. The van der Waals surface area contributed by atoms with Gasteiger partial charge in [-0.15, -0.1) is 0 Å². The number of carbonyl (C=O) groups is 1. The third-order valence-electron chi connectivity index (χ3n) is 5.20. The first-order valence-electron chi connectivity index (χ1n) is 9.13. The lowest BCUT2D eigenvalue weighted by Crippen LogP contribution is -2.07. The number of hydrogen-bond donors (Lipinski definition) is 7. The number of phenols is 6. The highest BCUT2D eigenvalue weighted by Gasteiger charge is 2.27. The zero-order valence-electron chi connectivity index (χ0n) is 16.3. The van der Waals surface area contributed by atoms with Crippen LogP contribution in [0.1, 0.15) is 10.4 Å². The zero-order chi connectivity index (χ0) is 24.6. The minimum absolute atomic E-state index is 0.142. The number of rotatable bonds is 3. The summed E-state index contributed by atoms with van der Waals surface area (Å²) in [6, 6.07) is 2.43. The molecule has 0 unspecified atom stereocenters. The number of carboxylic acids is 1. The Morgan fingerprint density at radius 2 is 1.21 bits per heavy atom. The summed E-state index contributed by atoms with van der Waals surface area (Å²) < 4.78 is 15.4. The molecule has 0 atom stereocenters. The van der Waals surface area contributed by atoms with Crippen LogP contribution in [0.2, 0.25) is 0 Å². The van der Waals surface area contributed by atoms with Gasteiger partial charge >= 0.3 is 17.2 Å². The smallest absolute Gasteiger partial charge is 0.344 e. The molecular weight excluding hydrogens is 460 g/mol. The van der Waals surface area contributed by atoms with Crippen LogP contribution < -0.4 is 16.0 Å². The van der Waals surface area contributed by atoms with Crippen molar-refractivity contribution in [1.82, 2.24) is 0 Å². The molecule has 3 aromatic carbocycles. The SMILES string of the molecule is O=C(O)c1cc(Oc2cc3c(=O)oc4c(O)c(O)cc5c(=O)oc(c2O)c3c45)c(O)c(O)c1O. The monoisotopic (exact) mass is 470 g/mol. The summed E-state index contributed by atoms with van der Waals surface area (Å²) in [4.78, 5) is 36.4. The van der Waals surface area contributed by atoms with Crippen LogP contribution in [0.3, 0.4) is 0 Å². The van der Waals surface area contributed by atoms with Crippen LogP contribution in [-0.2, 0) is 0 Å². The number of aromatic carboxylic acids is 1. The molecule has 13 heteroatoms. The minimum Gasteiger partial charge on any atom is -0.504 e. The van der Waals surface area contributed by atoms with Crippen LogP contribution in [0.15, 0.2) is 36.6 Å². The van der Waals surface area contributed by atoms with Crippen molar-refractivity contribution in [2.45, 2.75) is 0 Å². The quantitative estimate of drug-likeness (QED) is 0.114.